The summed E-state index contributed by atoms with van der Waals surface area (Å²) in [5.74, 6) is 1.49. The number of carbonyl (C=O) groups excluding carboxylic acids is 1. The first-order valence-electron chi connectivity index (χ1n) is 9.30. The summed E-state index contributed by atoms with van der Waals surface area (Å²) < 4.78 is 5.80. The van der Waals surface area contributed by atoms with Gasteiger partial charge in [0.25, 0.3) is 0 Å². The van der Waals surface area contributed by atoms with Crippen molar-refractivity contribution in [3.8, 4) is 5.75 Å². The molecule has 136 valence electrons. The second-order valence-electron chi connectivity index (χ2n) is 7.41. The van der Waals surface area contributed by atoms with Crippen LogP contribution in [0.2, 0.25) is 0 Å². The molecule has 2 aromatic rings. The fraction of sp³-hybridized carbons (Fsp3) is 0.429. The van der Waals surface area contributed by atoms with Crippen molar-refractivity contribution in [2.45, 2.75) is 38.4 Å². The predicted molar refractivity (Wildman–Crippen MR) is 98.6 cm³/mol. The molecule has 2 aliphatic rings. The highest BCUT2D eigenvalue weighted by Crippen LogP contribution is 2.46. The molecular weight excluding hydrogens is 328 g/mol. The minimum Gasteiger partial charge on any atom is -0.489 e. The molecule has 2 fully saturated rings. The molecule has 0 aliphatic heterocycles. The Morgan fingerprint density at radius 3 is 2.92 bits per heavy atom. The van der Waals surface area contributed by atoms with Gasteiger partial charge < -0.3 is 15.2 Å². The third kappa shape index (κ3) is 3.73. The normalized spacial score (nSPS) is 27.1. The number of carbonyl (C=O) groups is 1. The maximum absolute atomic E-state index is 12.7. The molecule has 5 heteroatoms. The standard InChI is InChI=1S/C21H24N2O3/c24-20-7-6-15-9-16(20)10-19(15)21(25)23-17-4-1-5-18(11-17)26-13-14-3-2-8-22-12-14/h1-5,8,11-12,15-16,19-20,24H,6-7,9-10,13H2,(H,23,25). The summed E-state index contributed by atoms with van der Waals surface area (Å²) in [5, 5.41) is 13.1. The van der Waals surface area contributed by atoms with E-state index in [0.29, 0.717) is 24.2 Å². The number of aliphatic hydroxyl groups is 1. The fourth-order valence-electron chi connectivity index (χ4n) is 4.29. The van der Waals surface area contributed by atoms with Crippen LogP contribution in [0, 0.1) is 17.8 Å². The third-order valence-electron chi connectivity index (χ3n) is 5.68. The van der Waals surface area contributed by atoms with Crippen LogP contribution >= 0.6 is 0 Å². The van der Waals surface area contributed by atoms with E-state index in [2.05, 4.69) is 10.3 Å². The summed E-state index contributed by atoms with van der Waals surface area (Å²) in [7, 11) is 0. The number of nitrogens with zero attached hydrogens (tertiary/aromatic N) is 1. The van der Waals surface area contributed by atoms with Crippen LogP contribution in [0.5, 0.6) is 5.75 Å². The van der Waals surface area contributed by atoms with E-state index in [0.717, 1.165) is 36.9 Å². The largest absolute Gasteiger partial charge is 0.489 e. The summed E-state index contributed by atoms with van der Waals surface area (Å²) >= 11 is 0. The number of aromatic nitrogens is 1. The lowest BCUT2D eigenvalue weighted by Crippen LogP contribution is -2.26. The van der Waals surface area contributed by atoms with Gasteiger partial charge in [-0.2, -0.15) is 0 Å². The number of rotatable bonds is 5. The average Bonchev–Trinajstić information content (AvgIpc) is 3.03. The van der Waals surface area contributed by atoms with Gasteiger partial charge in [-0.15, -0.1) is 0 Å². The molecule has 1 amide bonds. The van der Waals surface area contributed by atoms with Crippen molar-refractivity contribution in [1.29, 1.82) is 0 Å². The molecule has 0 spiro atoms. The van der Waals surface area contributed by atoms with E-state index in [1.54, 1.807) is 12.4 Å². The molecule has 26 heavy (non-hydrogen) atoms. The Balaban J connectivity index is 1.37. The van der Waals surface area contributed by atoms with Crippen LogP contribution in [-0.4, -0.2) is 22.1 Å². The number of anilines is 1. The topological polar surface area (TPSA) is 71.5 Å². The van der Waals surface area contributed by atoms with E-state index < -0.39 is 0 Å². The smallest absolute Gasteiger partial charge is 0.227 e. The van der Waals surface area contributed by atoms with E-state index in [4.69, 9.17) is 4.74 Å². The first-order valence-corrected chi connectivity index (χ1v) is 9.30. The SMILES string of the molecule is O=C(Nc1cccc(OCc2cccnc2)c1)C1CC2CC1CCC2O. The van der Waals surface area contributed by atoms with E-state index >= 15 is 0 Å². The van der Waals surface area contributed by atoms with Crippen LogP contribution in [0.1, 0.15) is 31.2 Å². The first kappa shape index (κ1) is 17.0. The van der Waals surface area contributed by atoms with Gasteiger partial charge >= 0.3 is 0 Å². The number of amides is 1. The maximum Gasteiger partial charge on any atom is 0.227 e. The third-order valence-corrected chi connectivity index (χ3v) is 5.68. The quantitative estimate of drug-likeness (QED) is 0.865. The van der Waals surface area contributed by atoms with Gasteiger partial charge in [0.1, 0.15) is 12.4 Å². The van der Waals surface area contributed by atoms with Crippen molar-refractivity contribution >= 4 is 11.6 Å². The van der Waals surface area contributed by atoms with Crippen LogP contribution in [-0.2, 0) is 11.4 Å². The van der Waals surface area contributed by atoms with Crippen LogP contribution in [0.3, 0.4) is 0 Å². The van der Waals surface area contributed by atoms with E-state index in [1.165, 1.54) is 0 Å². The van der Waals surface area contributed by atoms with Crippen LogP contribution in [0.15, 0.2) is 48.8 Å². The number of hydrogen-bond acceptors (Lipinski definition) is 4. The number of pyridine rings is 1. The summed E-state index contributed by atoms with van der Waals surface area (Å²) in [6.45, 7) is 0.440. The lowest BCUT2D eigenvalue weighted by molar-refractivity contribution is -0.120. The minimum absolute atomic E-state index is 0.0112. The molecule has 5 nitrogen and oxygen atoms in total. The Labute approximate surface area is 153 Å². The molecule has 4 rings (SSSR count). The number of hydrogen-bond donors (Lipinski definition) is 2. The van der Waals surface area contributed by atoms with Gasteiger partial charge in [-0.3, -0.25) is 9.78 Å². The molecule has 2 N–H and O–H groups in total. The van der Waals surface area contributed by atoms with Crippen molar-refractivity contribution < 1.29 is 14.6 Å². The lowest BCUT2D eigenvalue weighted by Gasteiger charge is -2.24. The van der Waals surface area contributed by atoms with Gasteiger partial charge in [0, 0.05) is 35.6 Å². The zero-order chi connectivity index (χ0) is 17.9. The molecule has 4 unspecified atom stereocenters. The molecule has 0 saturated heterocycles. The number of aliphatic hydroxyl groups excluding tert-OH is 1. The van der Waals surface area contributed by atoms with Crippen molar-refractivity contribution in [1.82, 2.24) is 4.98 Å². The van der Waals surface area contributed by atoms with Gasteiger partial charge in [0.15, 0.2) is 0 Å². The van der Waals surface area contributed by atoms with Gasteiger partial charge in [0.05, 0.1) is 6.10 Å². The van der Waals surface area contributed by atoms with E-state index in [1.807, 2.05) is 36.4 Å². The highest BCUT2D eigenvalue weighted by molar-refractivity contribution is 5.93. The van der Waals surface area contributed by atoms with Crippen molar-refractivity contribution in [2.24, 2.45) is 17.8 Å². The van der Waals surface area contributed by atoms with E-state index in [9.17, 15) is 9.90 Å². The number of benzene rings is 1. The molecule has 2 saturated carbocycles. The molecule has 0 radical (unpaired) electrons. The van der Waals surface area contributed by atoms with Crippen LogP contribution in [0.25, 0.3) is 0 Å². The fourth-order valence-corrected chi connectivity index (χ4v) is 4.29. The van der Waals surface area contributed by atoms with E-state index in [-0.39, 0.29) is 17.9 Å². The Morgan fingerprint density at radius 1 is 1.19 bits per heavy atom. The molecule has 2 bridgehead atoms. The number of fused-ring (bicyclic) bond motifs is 2. The zero-order valence-electron chi connectivity index (χ0n) is 14.7. The Morgan fingerprint density at radius 2 is 2.12 bits per heavy atom. The summed E-state index contributed by atoms with van der Waals surface area (Å²) in [6, 6.07) is 11.3. The van der Waals surface area contributed by atoms with Crippen LogP contribution < -0.4 is 10.1 Å². The molecular formula is C21H24N2O3. The Kier molecular flexibility index (Phi) is 4.89. The molecule has 4 atom stereocenters. The second-order valence-corrected chi connectivity index (χ2v) is 7.41. The van der Waals surface area contributed by atoms with Crippen molar-refractivity contribution in [3.63, 3.8) is 0 Å². The van der Waals surface area contributed by atoms with Gasteiger partial charge in [-0.1, -0.05) is 12.1 Å². The Bertz CT molecular complexity index is 765. The summed E-state index contributed by atoms with van der Waals surface area (Å²) in [6.07, 6.45) is 6.84. The summed E-state index contributed by atoms with van der Waals surface area (Å²) in [4.78, 5) is 16.8. The first-order chi connectivity index (χ1) is 12.7. The maximum atomic E-state index is 12.7. The monoisotopic (exact) mass is 352 g/mol. The molecule has 1 aromatic heterocycles. The molecule has 1 aromatic carbocycles. The Hall–Kier alpha value is -2.40. The van der Waals surface area contributed by atoms with Gasteiger partial charge in [-0.05, 0) is 55.7 Å². The zero-order valence-corrected chi connectivity index (χ0v) is 14.7. The molecule has 1 heterocycles. The highest BCUT2D eigenvalue weighted by atomic mass is 16.5. The lowest BCUT2D eigenvalue weighted by atomic mass is 9.85. The highest BCUT2D eigenvalue weighted by Gasteiger charge is 2.44. The number of nitrogens with one attached hydrogen (secondary N) is 1. The number of ether oxygens (including phenoxy) is 1. The molecule has 2 aliphatic carbocycles. The predicted octanol–water partition coefficient (Wildman–Crippen LogP) is 3.40. The van der Waals surface area contributed by atoms with Gasteiger partial charge in [0.2, 0.25) is 5.91 Å². The van der Waals surface area contributed by atoms with Crippen molar-refractivity contribution in [3.05, 3.63) is 54.4 Å². The second kappa shape index (κ2) is 7.46. The minimum atomic E-state index is -0.228. The van der Waals surface area contributed by atoms with Crippen LogP contribution in [0.4, 0.5) is 5.69 Å². The van der Waals surface area contributed by atoms with Gasteiger partial charge in [-0.25, -0.2) is 0 Å². The summed E-state index contributed by atoms with van der Waals surface area (Å²) in [5.41, 5.74) is 1.75. The van der Waals surface area contributed by atoms with Crippen molar-refractivity contribution in [2.75, 3.05) is 5.32 Å². The average molecular weight is 352 g/mol.